The summed E-state index contributed by atoms with van der Waals surface area (Å²) in [6.07, 6.45) is -8.22. The van der Waals surface area contributed by atoms with Crippen LogP contribution < -0.4 is 0 Å². The zero-order valence-corrected chi connectivity index (χ0v) is 38.5. The van der Waals surface area contributed by atoms with Crippen molar-refractivity contribution in [2.24, 2.45) is 51.2 Å². The lowest BCUT2D eigenvalue weighted by atomic mass is 9.35. The molecule has 6 unspecified atom stereocenters. The second-order valence-electron chi connectivity index (χ2n) is 22.9. The minimum Gasteiger partial charge on any atom is -0.394 e. The number of ether oxygens (including phenoxy) is 8. The molecule has 0 amide bonds. The van der Waals surface area contributed by atoms with Crippen LogP contribution in [-0.4, -0.2) is 176 Å². The molecule has 17 heteroatoms. The topological polar surface area (TPSA) is 256 Å². The summed E-state index contributed by atoms with van der Waals surface area (Å²) in [6.45, 7) is 14.5. The highest BCUT2D eigenvalue weighted by atomic mass is 16.8. The Kier molecular flexibility index (Phi) is 12.7. The van der Waals surface area contributed by atoms with E-state index < -0.39 is 104 Å². The third-order valence-corrected chi connectivity index (χ3v) is 18.8. The number of aliphatic hydroxyl groups is 9. The Morgan fingerprint density at radius 1 is 0.750 bits per heavy atom. The quantitative estimate of drug-likeness (QED) is 0.109. The molecule has 24 atom stereocenters. The molecule has 366 valence electrons. The first-order valence-electron chi connectivity index (χ1n) is 23.9. The number of aliphatic hydroxyl groups excluding tert-OH is 8. The van der Waals surface area contributed by atoms with Gasteiger partial charge in [-0.15, -0.1) is 0 Å². The molecule has 4 saturated carbocycles. The van der Waals surface area contributed by atoms with Gasteiger partial charge in [0.05, 0.1) is 56.9 Å². The maximum atomic E-state index is 12.2. The first kappa shape index (κ1) is 48.1. The van der Waals surface area contributed by atoms with Gasteiger partial charge in [-0.25, -0.2) is 0 Å². The lowest BCUT2D eigenvalue weighted by molar-refractivity contribution is -0.348. The number of hydrogen-bond donors (Lipinski definition) is 9. The van der Waals surface area contributed by atoms with Crippen molar-refractivity contribution in [2.45, 2.75) is 197 Å². The Hall–Kier alpha value is -0.940. The van der Waals surface area contributed by atoms with Crippen molar-refractivity contribution in [1.82, 2.24) is 0 Å². The van der Waals surface area contributed by atoms with Crippen molar-refractivity contribution in [3.05, 3.63) is 11.6 Å². The molecule has 2 bridgehead atoms. The van der Waals surface area contributed by atoms with E-state index in [4.69, 9.17) is 37.9 Å². The van der Waals surface area contributed by atoms with E-state index in [9.17, 15) is 46.0 Å². The molecule has 17 nitrogen and oxygen atoms in total. The van der Waals surface area contributed by atoms with Gasteiger partial charge in [0, 0.05) is 30.1 Å². The molecule has 0 aromatic heterocycles. The lowest BCUT2D eigenvalue weighted by Gasteiger charge is -2.70. The summed E-state index contributed by atoms with van der Waals surface area (Å²) in [4.78, 5) is 0. The molecule has 2 spiro atoms. The summed E-state index contributed by atoms with van der Waals surface area (Å²) in [5.41, 5.74) is -0.362. The largest absolute Gasteiger partial charge is 0.394 e. The first-order valence-corrected chi connectivity index (χ1v) is 23.9. The normalized spacial score (nSPS) is 56.5. The summed E-state index contributed by atoms with van der Waals surface area (Å²) in [6, 6.07) is 0. The van der Waals surface area contributed by atoms with Gasteiger partial charge in [0.25, 0.3) is 0 Å². The van der Waals surface area contributed by atoms with Crippen molar-refractivity contribution in [2.75, 3.05) is 33.0 Å². The molecule has 5 aliphatic heterocycles. The molecule has 5 saturated heterocycles. The number of rotatable bonds is 10. The minimum absolute atomic E-state index is 0.0495. The number of allylic oxidation sites excluding steroid dienone is 1. The van der Waals surface area contributed by atoms with Crippen LogP contribution in [-0.2, 0) is 37.9 Å². The van der Waals surface area contributed by atoms with Gasteiger partial charge in [-0.3, -0.25) is 0 Å². The van der Waals surface area contributed by atoms with E-state index in [-0.39, 0.29) is 58.9 Å². The van der Waals surface area contributed by atoms with E-state index in [1.54, 1.807) is 0 Å². The highest BCUT2D eigenvalue weighted by molar-refractivity contribution is 5.26. The maximum absolute atomic E-state index is 12.2. The minimum atomic E-state index is -1.69. The highest BCUT2D eigenvalue weighted by Crippen LogP contribution is 2.80. The molecule has 64 heavy (non-hydrogen) atoms. The van der Waals surface area contributed by atoms with E-state index in [0.717, 1.165) is 44.1 Å². The Morgan fingerprint density at radius 2 is 1.42 bits per heavy atom. The molecule has 9 N–H and O–H groups in total. The van der Waals surface area contributed by atoms with Crippen molar-refractivity contribution in [1.29, 1.82) is 0 Å². The molecule has 5 heterocycles. The summed E-state index contributed by atoms with van der Waals surface area (Å²) < 4.78 is 50.7. The lowest BCUT2D eigenvalue weighted by Crippen LogP contribution is -2.67. The van der Waals surface area contributed by atoms with Crippen LogP contribution in [0.4, 0.5) is 0 Å². The van der Waals surface area contributed by atoms with Crippen LogP contribution in [0.1, 0.15) is 99.8 Å². The van der Waals surface area contributed by atoms with Crippen LogP contribution in [0.3, 0.4) is 0 Å². The fraction of sp³-hybridized carbons (Fsp3) is 0.957. The van der Waals surface area contributed by atoms with Gasteiger partial charge in [-0.2, -0.15) is 0 Å². The maximum Gasteiger partial charge on any atom is 0.187 e. The van der Waals surface area contributed by atoms with E-state index >= 15 is 0 Å². The van der Waals surface area contributed by atoms with Crippen LogP contribution in [0.2, 0.25) is 0 Å². The standard InChI is InChI=1S/C47H76O17/c1-22(2)14-23-15-45(7,56)38-25-8-9-30-43(5)12-11-31(42(3,4)29(43)10-13-44(30,6)46(25)20-47(38,64-23)59-21-46)62-41-37(63-40-35(54)33(52)28(17-49)61-40)24(26(50)19-58-41)18-57-39-36(55)34(53)32(51)27(16-48)60-39/h14,23-41,48-56H,8-13,15-21H2,1-7H3/t23?,24-,25?,26-,27+,28-,29?,30?,31-,32+,33-,34-,35+,36+,37+,38?,39?,40-,41-,43-,44+,45-,46-,47-/m0/s1. The molecule has 0 aromatic rings. The van der Waals surface area contributed by atoms with Crippen LogP contribution in [0, 0.1) is 51.2 Å². The van der Waals surface area contributed by atoms with Gasteiger partial charge in [0.2, 0.25) is 0 Å². The number of fused-ring (bicyclic) bond motifs is 4. The second-order valence-corrected chi connectivity index (χ2v) is 22.9. The fourth-order valence-corrected chi connectivity index (χ4v) is 15.8. The summed E-state index contributed by atoms with van der Waals surface area (Å²) in [5, 5.41) is 96.3. The smallest absolute Gasteiger partial charge is 0.187 e. The van der Waals surface area contributed by atoms with E-state index in [1.165, 1.54) is 0 Å². The van der Waals surface area contributed by atoms with Crippen molar-refractivity contribution >= 4 is 0 Å². The van der Waals surface area contributed by atoms with Gasteiger partial charge in [-0.1, -0.05) is 39.3 Å². The third kappa shape index (κ3) is 7.27. The van der Waals surface area contributed by atoms with Gasteiger partial charge < -0.3 is 83.9 Å². The van der Waals surface area contributed by atoms with Gasteiger partial charge in [-0.05, 0) is 93.3 Å². The summed E-state index contributed by atoms with van der Waals surface area (Å²) >= 11 is 0. The average molecular weight is 913 g/mol. The first-order chi connectivity index (χ1) is 30.1. The predicted octanol–water partition coefficient (Wildman–Crippen LogP) is 0.853. The van der Waals surface area contributed by atoms with Crippen molar-refractivity contribution < 1.29 is 83.9 Å². The monoisotopic (exact) mass is 913 g/mol. The molecule has 0 radical (unpaired) electrons. The average Bonchev–Trinajstić information content (AvgIpc) is 3.84. The van der Waals surface area contributed by atoms with Crippen LogP contribution in [0.5, 0.6) is 0 Å². The van der Waals surface area contributed by atoms with E-state index in [2.05, 4.69) is 47.6 Å². The molecular weight excluding hydrogens is 836 g/mol. The van der Waals surface area contributed by atoms with E-state index in [1.807, 2.05) is 6.92 Å². The van der Waals surface area contributed by atoms with Crippen LogP contribution in [0.15, 0.2) is 11.6 Å². The molecule has 9 aliphatic rings. The van der Waals surface area contributed by atoms with Crippen LogP contribution >= 0.6 is 0 Å². The van der Waals surface area contributed by atoms with E-state index in [0.29, 0.717) is 31.3 Å². The fourth-order valence-electron chi connectivity index (χ4n) is 15.8. The summed E-state index contributed by atoms with van der Waals surface area (Å²) in [5.74, 6) is -0.912. The molecule has 4 aliphatic carbocycles. The predicted molar refractivity (Wildman–Crippen MR) is 223 cm³/mol. The molecule has 9 rings (SSSR count). The molecule has 0 aromatic carbocycles. The third-order valence-electron chi connectivity index (χ3n) is 18.8. The Balaban J connectivity index is 0.953. The second kappa shape index (κ2) is 16.9. The zero-order valence-electron chi connectivity index (χ0n) is 38.5. The zero-order chi connectivity index (χ0) is 46.1. The van der Waals surface area contributed by atoms with Gasteiger partial charge in [0.1, 0.15) is 48.8 Å². The van der Waals surface area contributed by atoms with Crippen molar-refractivity contribution in [3.63, 3.8) is 0 Å². The van der Waals surface area contributed by atoms with Gasteiger partial charge in [0.15, 0.2) is 24.7 Å². The Morgan fingerprint density at radius 3 is 2.11 bits per heavy atom. The Labute approximate surface area is 376 Å². The number of hydrogen-bond acceptors (Lipinski definition) is 17. The Bertz CT molecular complexity index is 1720. The molecule has 9 fully saturated rings. The summed E-state index contributed by atoms with van der Waals surface area (Å²) in [7, 11) is 0. The highest BCUT2D eigenvalue weighted by Gasteiger charge is 2.81. The SMILES string of the molecule is CC(C)=CC1C[C@](C)(O)C2C3CCC4[C@@]5(C)CC[C@H](O[C@@H]6OC[C@H](O)[C@H](COC7O[C@H](CO)[C@@H](O)[C@H](O)[C@H]7O)[C@H]6O[C@@H]6O[C@@H](CO)[C@H](O)[C@H]6O)C(C)(C)C5CC[C@@]4(C)[C@@]34CO[C@@]2(C4)O1. The van der Waals surface area contributed by atoms with Gasteiger partial charge >= 0.3 is 0 Å². The van der Waals surface area contributed by atoms with Crippen LogP contribution in [0.25, 0.3) is 0 Å². The van der Waals surface area contributed by atoms with Crippen molar-refractivity contribution in [3.8, 4) is 0 Å². The molecular formula is C47H76O17.